The fraction of sp³-hybridized carbons (Fsp3) is 0.348. The summed E-state index contributed by atoms with van der Waals surface area (Å²) < 4.78 is 5.48. The Hall–Kier alpha value is -3.15. The number of amides is 1. The van der Waals surface area contributed by atoms with Crippen LogP contribution in [-0.4, -0.2) is 35.6 Å². The van der Waals surface area contributed by atoms with Gasteiger partial charge in [-0.2, -0.15) is 0 Å². The number of hydrogen-bond donors (Lipinski definition) is 1. The summed E-state index contributed by atoms with van der Waals surface area (Å²) in [5.74, 6) is 1.64. The van der Waals surface area contributed by atoms with Gasteiger partial charge in [0.05, 0.1) is 18.2 Å². The molecule has 150 valence electrons. The highest BCUT2D eigenvalue weighted by Gasteiger charge is 2.18. The van der Waals surface area contributed by atoms with Crippen molar-refractivity contribution in [3.8, 4) is 5.75 Å². The van der Waals surface area contributed by atoms with Gasteiger partial charge in [-0.3, -0.25) is 4.79 Å². The number of benzene rings is 2. The Morgan fingerprint density at radius 1 is 1.14 bits per heavy atom. The molecule has 2 heterocycles. The van der Waals surface area contributed by atoms with Crippen molar-refractivity contribution < 1.29 is 9.53 Å². The zero-order chi connectivity index (χ0) is 20.2. The van der Waals surface area contributed by atoms with Gasteiger partial charge in [0, 0.05) is 24.0 Å². The molecule has 3 aromatic rings. The molecule has 0 unspecified atom stereocenters. The molecule has 2 aromatic carbocycles. The number of carbonyl (C=O) groups excluding carboxylic acids is 1. The molecule has 29 heavy (non-hydrogen) atoms. The molecule has 1 aliphatic rings. The number of nitrogens with zero attached hydrogens (tertiary/aromatic N) is 3. The summed E-state index contributed by atoms with van der Waals surface area (Å²) in [6, 6.07) is 13.3. The average Bonchev–Trinajstić information content (AvgIpc) is 3.28. The number of anilines is 1. The number of ether oxygens (including phenoxy) is 1. The smallest absolute Gasteiger partial charge is 0.251 e. The zero-order valence-electron chi connectivity index (χ0n) is 16.9. The number of hydrogen-bond acceptors (Lipinski definition) is 5. The number of fused-ring (bicyclic) bond motifs is 1. The molecule has 0 saturated carbocycles. The van der Waals surface area contributed by atoms with Crippen molar-refractivity contribution in [2.75, 3.05) is 24.6 Å². The second-order valence-corrected chi connectivity index (χ2v) is 7.32. The lowest BCUT2D eigenvalue weighted by Gasteiger charge is -2.19. The Bertz CT molecular complexity index is 997. The van der Waals surface area contributed by atoms with Gasteiger partial charge < -0.3 is 15.0 Å². The van der Waals surface area contributed by atoms with Gasteiger partial charge in [-0.05, 0) is 62.6 Å². The van der Waals surface area contributed by atoms with Crippen molar-refractivity contribution in [3.05, 3.63) is 59.9 Å². The second-order valence-electron chi connectivity index (χ2n) is 7.32. The standard InChI is InChI=1S/C23H26N4O2/c1-3-29-19-9-6-17(7-10-19)16(2)26-23(28)18-8-11-21-20(14-18)22(25-15-24-21)27-12-4-5-13-27/h6-11,14-16H,3-5,12-13H2,1-2H3,(H,26,28)/t16-/m1/s1. The fourth-order valence-corrected chi connectivity index (χ4v) is 3.75. The molecule has 1 atom stereocenters. The van der Waals surface area contributed by atoms with Crippen LogP contribution in [0.5, 0.6) is 5.75 Å². The van der Waals surface area contributed by atoms with Gasteiger partial charge in [0.25, 0.3) is 5.91 Å². The van der Waals surface area contributed by atoms with Crippen LogP contribution in [0.15, 0.2) is 48.8 Å². The van der Waals surface area contributed by atoms with Crippen LogP contribution in [0, 0.1) is 0 Å². The first-order valence-corrected chi connectivity index (χ1v) is 10.2. The van der Waals surface area contributed by atoms with Crippen LogP contribution < -0.4 is 15.0 Å². The third kappa shape index (κ3) is 4.16. The highest BCUT2D eigenvalue weighted by Crippen LogP contribution is 2.27. The minimum Gasteiger partial charge on any atom is -0.494 e. The molecule has 1 amide bonds. The van der Waals surface area contributed by atoms with E-state index in [4.69, 9.17) is 4.74 Å². The first kappa shape index (κ1) is 19.2. The molecular formula is C23H26N4O2. The van der Waals surface area contributed by atoms with Gasteiger partial charge in [0.15, 0.2) is 0 Å². The molecule has 1 fully saturated rings. The topological polar surface area (TPSA) is 67.3 Å². The Morgan fingerprint density at radius 2 is 1.90 bits per heavy atom. The molecule has 1 aliphatic heterocycles. The first-order valence-electron chi connectivity index (χ1n) is 10.2. The van der Waals surface area contributed by atoms with Gasteiger partial charge in [0.1, 0.15) is 17.9 Å². The van der Waals surface area contributed by atoms with Crippen LogP contribution in [0.2, 0.25) is 0 Å². The lowest BCUT2D eigenvalue weighted by atomic mass is 10.1. The van der Waals surface area contributed by atoms with Crippen molar-refractivity contribution in [3.63, 3.8) is 0 Å². The van der Waals surface area contributed by atoms with Crippen LogP contribution in [0.4, 0.5) is 5.82 Å². The molecule has 0 aliphatic carbocycles. The molecule has 4 rings (SSSR count). The van der Waals surface area contributed by atoms with Crippen molar-refractivity contribution in [1.82, 2.24) is 15.3 Å². The van der Waals surface area contributed by atoms with E-state index in [0.717, 1.165) is 41.1 Å². The van der Waals surface area contributed by atoms with E-state index >= 15 is 0 Å². The average molecular weight is 390 g/mol. The van der Waals surface area contributed by atoms with E-state index in [1.807, 2.05) is 56.3 Å². The molecule has 6 heteroatoms. The van der Waals surface area contributed by atoms with E-state index < -0.39 is 0 Å². The fourth-order valence-electron chi connectivity index (χ4n) is 3.75. The molecule has 1 aromatic heterocycles. The summed E-state index contributed by atoms with van der Waals surface area (Å²) in [6.45, 7) is 6.57. The van der Waals surface area contributed by atoms with E-state index in [2.05, 4.69) is 20.2 Å². The minimum absolute atomic E-state index is 0.107. The summed E-state index contributed by atoms with van der Waals surface area (Å²) >= 11 is 0. The zero-order valence-corrected chi connectivity index (χ0v) is 16.9. The van der Waals surface area contributed by atoms with E-state index in [1.165, 1.54) is 12.8 Å². The van der Waals surface area contributed by atoms with Gasteiger partial charge >= 0.3 is 0 Å². The summed E-state index contributed by atoms with van der Waals surface area (Å²) in [6.07, 6.45) is 3.94. The lowest BCUT2D eigenvalue weighted by Crippen LogP contribution is -2.26. The predicted octanol–water partition coefficient (Wildman–Crippen LogP) is 4.12. The van der Waals surface area contributed by atoms with E-state index in [0.29, 0.717) is 12.2 Å². The van der Waals surface area contributed by atoms with Gasteiger partial charge in [-0.1, -0.05) is 12.1 Å². The first-order chi connectivity index (χ1) is 14.2. The van der Waals surface area contributed by atoms with Crippen molar-refractivity contribution in [1.29, 1.82) is 0 Å². The van der Waals surface area contributed by atoms with E-state index in [1.54, 1.807) is 6.33 Å². The Balaban J connectivity index is 1.54. The van der Waals surface area contributed by atoms with Crippen LogP contribution in [0.3, 0.4) is 0 Å². The quantitative estimate of drug-likeness (QED) is 0.686. The summed E-state index contributed by atoms with van der Waals surface area (Å²) in [5, 5.41) is 4.01. The molecule has 0 spiro atoms. The lowest BCUT2D eigenvalue weighted by molar-refractivity contribution is 0.0940. The maximum Gasteiger partial charge on any atom is 0.251 e. The summed E-state index contributed by atoms with van der Waals surface area (Å²) in [7, 11) is 0. The number of rotatable bonds is 6. The van der Waals surface area contributed by atoms with E-state index in [-0.39, 0.29) is 11.9 Å². The van der Waals surface area contributed by atoms with Crippen LogP contribution in [-0.2, 0) is 0 Å². The Morgan fingerprint density at radius 3 is 2.62 bits per heavy atom. The normalized spacial score (nSPS) is 14.8. The molecule has 0 radical (unpaired) electrons. The van der Waals surface area contributed by atoms with Crippen LogP contribution in [0.1, 0.15) is 48.7 Å². The molecule has 0 bridgehead atoms. The largest absolute Gasteiger partial charge is 0.494 e. The van der Waals surface area contributed by atoms with Crippen LogP contribution >= 0.6 is 0 Å². The molecular weight excluding hydrogens is 364 g/mol. The van der Waals surface area contributed by atoms with E-state index in [9.17, 15) is 4.79 Å². The maximum atomic E-state index is 12.9. The van der Waals surface area contributed by atoms with Crippen molar-refractivity contribution in [2.45, 2.75) is 32.7 Å². The van der Waals surface area contributed by atoms with Gasteiger partial charge in [0.2, 0.25) is 0 Å². The molecule has 6 nitrogen and oxygen atoms in total. The Labute approximate surface area is 170 Å². The number of carbonyl (C=O) groups is 1. The highest BCUT2D eigenvalue weighted by molar-refractivity contribution is 6.00. The SMILES string of the molecule is CCOc1ccc([C@@H](C)NC(=O)c2ccc3ncnc(N4CCCC4)c3c2)cc1. The monoisotopic (exact) mass is 390 g/mol. The highest BCUT2D eigenvalue weighted by atomic mass is 16.5. The summed E-state index contributed by atoms with van der Waals surface area (Å²) in [5.41, 5.74) is 2.51. The Kier molecular flexibility index (Phi) is 5.60. The minimum atomic E-state index is -0.112. The molecule has 1 saturated heterocycles. The van der Waals surface area contributed by atoms with Gasteiger partial charge in [-0.25, -0.2) is 9.97 Å². The van der Waals surface area contributed by atoms with Crippen molar-refractivity contribution in [2.24, 2.45) is 0 Å². The third-order valence-electron chi connectivity index (χ3n) is 5.32. The molecule has 1 N–H and O–H groups in total. The maximum absolute atomic E-state index is 12.9. The predicted molar refractivity (Wildman–Crippen MR) is 114 cm³/mol. The number of aromatic nitrogens is 2. The summed E-state index contributed by atoms with van der Waals surface area (Å²) in [4.78, 5) is 24.0. The second kappa shape index (κ2) is 8.47. The number of nitrogens with one attached hydrogen (secondary N) is 1. The van der Waals surface area contributed by atoms with Crippen molar-refractivity contribution >= 4 is 22.6 Å². The third-order valence-corrected chi connectivity index (χ3v) is 5.32. The van der Waals surface area contributed by atoms with Crippen LogP contribution in [0.25, 0.3) is 10.9 Å². The van der Waals surface area contributed by atoms with Gasteiger partial charge in [-0.15, -0.1) is 0 Å².